The molecule has 0 saturated heterocycles. The monoisotopic (exact) mass is 350 g/mol. The van der Waals surface area contributed by atoms with Crippen molar-refractivity contribution < 1.29 is 14.3 Å². The van der Waals surface area contributed by atoms with Gasteiger partial charge in [0.05, 0.1) is 11.8 Å². The third-order valence-electron chi connectivity index (χ3n) is 3.68. The van der Waals surface area contributed by atoms with Gasteiger partial charge in [0.25, 0.3) is 0 Å². The number of rotatable bonds is 3. The van der Waals surface area contributed by atoms with Gasteiger partial charge in [0.1, 0.15) is 16.6 Å². The molecule has 24 heavy (non-hydrogen) atoms. The summed E-state index contributed by atoms with van der Waals surface area (Å²) in [4.78, 5) is 29.7. The topological polar surface area (TPSA) is 76.8 Å². The third-order valence-corrected chi connectivity index (χ3v) is 4.05. The van der Waals surface area contributed by atoms with Crippen LogP contribution in [0.1, 0.15) is 49.5 Å². The highest BCUT2D eigenvalue weighted by atomic mass is 35.5. The number of hydrogen-bond donors (Lipinski definition) is 0. The summed E-state index contributed by atoms with van der Waals surface area (Å²) in [6.07, 6.45) is 3.37. The van der Waals surface area contributed by atoms with Crippen LogP contribution < -0.4 is 4.90 Å². The van der Waals surface area contributed by atoms with E-state index in [9.17, 15) is 9.59 Å². The minimum absolute atomic E-state index is 0.0316. The number of amides is 1. The number of carbonyl (C=O) groups excluding carboxylic acids is 2. The normalized spacial score (nSPS) is 14.7. The van der Waals surface area contributed by atoms with E-state index >= 15 is 0 Å². The van der Waals surface area contributed by atoms with Crippen molar-refractivity contribution >= 4 is 35.4 Å². The van der Waals surface area contributed by atoms with Gasteiger partial charge in [-0.3, -0.25) is 9.69 Å². The predicted octanol–water partition coefficient (Wildman–Crippen LogP) is 3.41. The Balaban J connectivity index is 2.17. The van der Waals surface area contributed by atoms with Gasteiger partial charge in [-0.2, -0.15) is 9.61 Å². The molecule has 7 nitrogen and oxygen atoms in total. The number of nitrogens with zero attached hydrogens (tertiary/aromatic N) is 4. The second-order valence-electron chi connectivity index (χ2n) is 6.89. The van der Waals surface area contributed by atoms with Crippen LogP contribution in [0.5, 0.6) is 0 Å². The SMILES string of the molecule is Cc1c(Cl)nc2c(C=O)cnn2c1N(C(=O)OC(C)(C)C)C1CC1. The molecule has 0 aromatic carbocycles. The number of aldehydes is 1. The third kappa shape index (κ3) is 2.96. The Morgan fingerprint density at radius 3 is 2.67 bits per heavy atom. The number of carbonyl (C=O) groups is 2. The number of ether oxygens (including phenoxy) is 1. The van der Waals surface area contributed by atoms with Crippen LogP contribution in [0.15, 0.2) is 6.20 Å². The zero-order valence-corrected chi connectivity index (χ0v) is 14.8. The molecule has 1 saturated carbocycles. The van der Waals surface area contributed by atoms with Crippen LogP contribution in [-0.4, -0.2) is 38.6 Å². The van der Waals surface area contributed by atoms with Gasteiger partial charge < -0.3 is 4.74 Å². The van der Waals surface area contributed by atoms with Crippen LogP contribution in [0, 0.1) is 6.92 Å². The molecule has 1 aliphatic carbocycles. The Kier molecular flexibility index (Phi) is 3.99. The van der Waals surface area contributed by atoms with E-state index in [-0.39, 0.29) is 11.2 Å². The molecule has 0 N–H and O–H groups in total. The second kappa shape index (κ2) is 5.73. The maximum absolute atomic E-state index is 12.8. The predicted molar refractivity (Wildman–Crippen MR) is 89.9 cm³/mol. The molecule has 0 bridgehead atoms. The van der Waals surface area contributed by atoms with Crippen LogP contribution in [-0.2, 0) is 4.74 Å². The van der Waals surface area contributed by atoms with Crippen molar-refractivity contribution in [2.75, 3.05) is 4.90 Å². The van der Waals surface area contributed by atoms with Gasteiger partial charge in [0.15, 0.2) is 11.9 Å². The molecule has 1 amide bonds. The fraction of sp³-hybridized carbons (Fsp3) is 0.500. The summed E-state index contributed by atoms with van der Waals surface area (Å²) in [5.74, 6) is 0.495. The molecule has 2 aromatic rings. The lowest BCUT2D eigenvalue weighted by Crippen LogP contribution is -2.40. The molecule has 0 unspecified atom stereocenters. The highest BCUT2D eigenvalue weighted by Crippen LogP contribution is 2.36. The quantitative estimate of drug-likeness (QED) is 0.626. The lowest BCUT2D eigenvalue weighted by atomic mass is 10.2. The molecular formula is C16H19ClN4O3. The van der Waals surface area contributed by atoms with E-state index in [1.165, 1.54) is 10.7 Å². The van der Waals surface area contributed by atoms with Crippen molar-refractivity contribution in [1.82, 2.24) is 14.6 Å². The standard InChI is InChI=1S/C16H19ClN4O3/c1-9-12(17)19-13-10(8-22)7-18-21(13)14(9)20(11-5-6-11)15(23)24-16(2,3)4/h7-8,11H,5-6H2,1-4H3. The second-order valence-corrected chi connectivity index (χ2v) is 7.24. The van der Waals surface area contributed by atoms with E-state index in [4.69, 9.17) is 16.3 Å². The van der Waals surface area contributed by atoms with Crippen LogP contribution in [0.3, 0.4) is 0 Å². The molecule has 8 heteroatoms. The summed E-state index contributed by atoms with van der Waals surface area (Å²) >= 11 is 6.24. The van der Waals surface area contributed by atoms with Crippen molar-refractivity contribution in [3.63, 3.8) is 0 Å². The van der Waals surface area contributed by atoms with Crippen molar-refractivity contribution in [3.8, 4) is 0 Å². The van der Waals surface area contributed by atoms with Gasteiger partial charge in [-0.1, -0.05) is 11.6 Å². The molecule has 0 aliphatic heterocycles. The van der Waals surface area contributed by atoms with Gasteiger partial charge in [-0.05, 0) is 40.5 Å². The summed E-state index contributed by atoms with van der Waals surface area (Å²) in [5, 5.41) is 4.45. The number of hydrogen-bond acceptors (Lipinski definition) is 5. The highest BCUT2D eigenvalue weighted by Gasteiger charge is 2.39. The summed E-state index contributed by atoms with van der Waals surface area (Å²) in [6, 6.07) is 0.0316. The van der Waals surface area contributed by atoms with Crippen LogP contribution in [0.2, 0.25) is 5.15 Å². The molecule has 0 atom stereocenters. The van der Waals surface area contributed by atoms with Crippen LogP contribution in [0.25, 0.3) is 5.65 Å². The first-order valence-corrected chi connectivity index (χ1v) is 8.12. The smallest absolute Gasteiger partial charge is 0.416 e. The molecule has 1 fully saturated rings. The van der Waals surface area contributed by atoms with E-state index < -0.39 is 11.7 Å². The van der Waals surface area contributed by atoms with Crippen molar-refractivity contribution in [1.29, 1.82) is 0 Å². The Bertz CT molecular complexity index is 821. The van der Waals surface area contributed by atoms with Gasteiger partial charge in [-0.25, -0.2) is 9.78 Å². The number of fused-ring (bicyclic) bond motifs is 1. The molecular weight excluding hydrogens is 332 g/mol. The Labute approximate surface area is 144 Å². The minimum atomic E-state index is -0.619. The van der Waals surface area contributed by atoms with E-state index in [1.807, 2.05) is 20.8 Å². The largest absolute Gasteiger partial charge is 0.443 e. The van der Waals surface area contributed by atoms with Crippen molar-refractivity contribution in [2.45, 2.75) is 52.2 Å². The molecule has 2 heterocycles. The molecule has 0 spiro atoms. The summed E-state index contributed by atoms with van der Waals surface area (Å²) < 4.78 is 7.02. The van der Waals surface area contributed by atoms with Gasteiger partial charge in [0, 0.05) is 11.6 Å². The number of halogens is 1. The Morgan fingerprint density at radius 2 is 2.12 bits per heavy atom. The molecule has 0 radical (unpaired) electrons. The van der Waals surface area contributed by atoms with Gasteiger partial charge in [-0.15, -0.1) is 0 Å². The number of aromatic nitrogens is 3. The highest BCUT2D eigenvalue weighted by molar-refractivity contribution is 6.30. The average molecular weight is 351 g/mol. The van der Waals surface area contributed by atoms with E-state index in [2.05, 4.69) is 10.1 Å². The first-order chi connectivity index (χ1) is 11.2. The lowest BCUT2D eigenvalue weighted by Gasteiger charge is -2.28. The zero-order chi connectivity index (χ0) is 17.6. The van der Waals surface area contributed by atoms with Crippen LogP contribution >= 0.6 is 11.6 Å². The Morgan fingerprint density at radius 1 is 1.46 bits per heavy atom. The maximum atomic E-state index is 12.8. The lowest BCUT2D eigenvalue weighted by molar-refractivity contribution is 0.0575. The summed E-state index contributed by atoms with van der Waals surface area (Å²) in [7, 11) is 0. The minimum Gasteiger partial charge on any atom is -0.443 e. The molecule has 2 aromatic heterocycles. The van der Waals surface area contributed by atoms with Crippen molar-refractivity contribution in [3.05, 3.63) is 22.5 Å². The first-order valence-electron chi connectivity index (χ1n) is 7.74. The number of anilines is 1. The van der Waals surface area contributed by atoms with E-state index in [0.29, 0.717) is 28.9 Å². The summed E-state index contributed by atoms with van der Waals surface area (Å²) in [5.41, 5.74) is 0.636. The van der Waals surface area contributed by atoms with Gasteiger partial charge >= 0.3 is 6.09 Å². The van der Waals surface area contributed by atoms with Crippen molar-refractivity contribution in [2.24, 2.45) is 0 Å². The fourth-order valence-corrected chi connectivity index (χ4v) is 2.63. The van der Waals surface area contributed by atoms with Crippen LogP contribution in [0.4, 0.5) is 10.6 Å². The zero-order valence-electron chi connectivity index (χ0n) is 14.0. The molecule has 128 valence electrons. The molecule has 1 aliphatic rings. The van der Waals surface area contributed by atoms with E-state index in [0.717, 1.165) is 12.8 Å². The summed E-state index contributed by atoms with van der Waals surface area (Å²) in [6.45, 7) is 7.22. The fourth-order valence-electron chi connectivity index (χ4n) is 2.47. The Hall–Kier alpha value is -2.15. The average Bonchev–Trinajstić information content (AvgIpc) is 3.22. The van der Waals surface area contributed by atoms with Gasteiger partial charge in [0.2, 0.25) is 0 Å². The van der Waals surface area contributed by atoms with E-state index in [1.54, 1.807) is 11.8 Å². The maximum Gasteiger partial charge on any atom is 0.416 e. The first kappa shape index (κ1) is 16.7. The molecule has 3 rings (SSSR count).